The fourth-order valence-electron chi connectivity index (χ4n) is 7.39. The molecule has 4 bridgehead atoms. The van der Waals surface area contributed by atoms with E-state index in [0.717, 1.165) is 17.8 Å². The Hall–Kier alpha value is -2.64. The van der Waals surface area contributed by atoms with Crippen LogP contribution in [0.1, 0.15) is 57.8 Å². The van der Waals surface area contributed by atoms with E-state index < -0.39 is 0 Å². The number of amides is 2. The van der Waals surface area contributed by atoms with Gasteiger partial charge in [-0.1, -0.05) is 12.1 Å². The Morgan fingerprint density at radius 2 is 1.59 bits per heavy atom. The van der Waals surface area contributed by atoms with Gasteiger partial charge < -0.3 is 4.90 Å². The molecule has 0 spiro atoms. The van der Waals surface area contributed by atoms with Crippen molar-refractivity contribution >= 4 is 23.2 Å². The van der Waals surface area contributed by atoms with Crippen molar-refractivity contribution in [1.82, 2.24) is 10.9 Å². The summed E-state index contributed by atoms with van der Waals surface area (Å²) in [6.07, 6.45) is 9.28. The number of carbonyl (C=O) groups excluding carboxylic acids is 2. The summed E-state index contributed by atoms with van der Waals surface area (Å²) in [5.74, 6) is 1.97. The van der Waals surface area contributed by atoms with Crippen LogP contribution in [0.5, 0.6) is 0 Å². The van der Waals surface area contributed by atoms with E-state index in [9.17, 15) is 19.7 Å². The summed E-state index contributed by atoms with van der Waals surface area (Å²) in [5, 5.41) is 11.3. The molecule has 0 radical (unpaired) electrons. The number of rotatable bonds is 5. The third-order valence-corrected chi connectivity index (χ3v) is 8.31. The minimum atomic E-state index is -0.368. The molecule has 4 saturated carbocycles. The fourth-order valence-corrected chi connectivity index (χ4v) is 7.39. The lowest BCUT2D eigenvalue weighted by Gasteiger charge is -2.56. The molecular formula is C24H32N4O4. The van der Waals surface area contributed by atoms with Crippen molar-refractivity contribution in [3.63, 3.8) is 0 Å². The van der Waals surface area contributed by atoms with Crippen molar-refractivity contribution in [1.29, 1.82) is 0 Å². The predicted molar refractivity (Wildman–Crippen MR) is 120 cm³/mol. The summed E-state index contributed by atoms with van der Waals surface area (Å²) in [4.78, 5) is 38.2. The average molecular weight is 441 g/mol. The SMILES string of the molecule is O=C(CC12CC3CC(CC(C3)C1)C2)NNC(=O)C1CCN(c2ccccc2[N+](=O)[O-])CC1. The minimum absolute atomic E-state index is 0.0716. The molecule has 1 aromatic carbocycles. The van der Waals surface area contributed by atoms with E-state index in [1.54, 1.807) is 18.2 Å². The van der Waals surface area contributed by atoms with Gasteiger partial charge in [0.05, 0.1) is 4.92 Å². The number of nitro groups is 1. The largest absolute Gasteiger partial charge is 0.366 e. The second-order valence-corrected chi connectivity index (χ2v) is 10.6. The van der Waals surface area contributed by atoms with Crippen molar-refractivity contribution in [2.75, 3.05) is 18.0 Å². The average Bonchev–Trinajstić information content (AvgIpc) is 2.76. The molecule has 5 fully saturated rings. The van der Waals surface area contributed by atoms with Gasteiger partial charge >= 0.3 is 0 Å². The van der Waals surface area contributed by atoms with E-state index in [1.807, 2.05) is 4.90 Å². The highest BCUT2D eigenvalue weighted by molar-refractivity contribution is 5.84. The topological polar surface area (TPSA) is 105 Å². The van der Waals surface area contributed by atoms with Crippen LogP contribution in [0.4, 0.5) is 11.4 Å². The van der Waals surface area contributed by atoms with E-state index in [-0.39, 0.29) is 33.8 Å². The van der Waals surface area contributed by atoms with E-state index >= 15 is 0 Å². The molecule has 0 aromatic heterocycles. The van der Waals surface area contributed by atoms with Gasteiger partial charge in [0.2, 0.25) is 11.8 Å². The Morgan fingerprint density at radius 3 is 2.19 bits per heavy atom. The molecule has 32 heavy (non-hydrogen) atoms. The molecule has 8 nitrogen and oxygen atoms in total. The lowest BCUT2D eigenvalue weighted by atomic mass is 9.49. The van der Waals surface area contributed by atoms with Crippen molar-refractivity contribution in [3.8, 4) is 0 Å². The first-order chi connectivity index (χ1) is 15.4. The number of nitrogens with zero attached hydrogens (tertiary/aromatic N) is 2. The monoisotopic (exact) mass is 440 g/mol. The maximum atomic E-state index is 12.7. The molecule has 1 saturated heterocycles. The highest BCUT2D eigenvalue weighted by Gasteiger charge is 2.51. The van der Waals surface area contributed by atoms with Gasteiger partial charge in [-0.25, -0.2) is 0 Å². The molecule has 5 aliphatic rings. The molecule has 8 heteroatoms. The van der Waals surface area contributed by atoms with Crippen LogP contribution in [0.3, 0.4) is 0 Å². The highest BCUT2D eigenvalue weighted by Crippen LogP contribution is 2.61. The fraction of sp³-hybridized carbons (Fsp3) is 0.667. The zero-order valence-electron chi connectivity index (χ0n) is 18.4. The standard InChI is InChI=1S/C24H32N4O4/c29-22(15-24-12-16-9-17(13-24)11-18(10-16)14-24)25-26-23(30)19-5-7-27(8-6-19)20-3-1-2-4-21(20)28(31)32/h1-4,16-19H,5-15H2,(H,25,29)(H,26,30). The summed E-state index contributed by atoms with van der Waals surface area (Å²) in [5.41, 5.74) is 6.17. The van der Waals surface area contributed by atoms with Gasteiger partial charge in [-0.15, -0.1) is 0 Å². The summed E-state index contributed by atoms with van der Waals surface area (Å²) in [6, 6.07) is 6.71. The number of hydrogen-bond donors (Lipinski definition) is 2. The van der Waals surface area contributed by atoms with Crippen LogP contribution in [-0.2, 0) is 9.59 Å². The number of benzene rings is 1. The number of nitrogens with one attached hydrogen (secondary N) is 2. The Morgan fingerprint density at radius 1 is 1.00 bits per heavy atom. The maximum Gasteiger partial charge on any atom is 0.292 e. The van der Waals surface area contributed by atoms with E-state index in [2.05, 4.69) is 10.9 Å². The molecule has 2 amide bonds. The number of hydrazine groups is 1. The number of piperidine rings is 1. The number of hydrogen-bond acceptors (Lipinski definition) is 5. The quantitative estimate of drug-likeness (QED) is 0.538. The number of anilines is 1. The molecule has 1 heterocycles. The second kappa shape index (κ2) is 8.37. The normalized spacial score (nSPS) is 31.4. The molecule has 2 N–H and O–H groups in total. The second-order valence-electron chi connectivity index (χ2n) is 10.6. The van der Waals surface area contributed by atoms with Crippen LogP contribution in [0.2, 0.25) is 0 Å². The van der Waals surface area contributed by atoms with E-state index in [1.165, 1.54) is 44.6 Å². The summed E-state index contributed by atoms with van der Waals surface area (Å²) in [7, 11) is 0. The summed E-state index contributed by atoms with van der Waals surface area (Å²) in [6.45, 7) is 1.15. The van der Waals surface area contributed by atoms with Gasteiger partial charge in [0.1, 0.15) is 5.69 Å². The van der Waals surface area contributed by atoms with Crippen LogP contribution in [0.15, 0.2) is 24.3 Å². The van der Waals surface area contributed by atoms with Crippen molar-refractivity contribution in [2.45, 2.75) is 57.8 Å². The highest BCUT2D eigenvalue weighted by atomic mass is 16.6. The third kappa shape index (κ3) is 4.19. The molecule has 0 atom stereocenters. The van der Waals surface area contributed by atoms with Crippen LogP contribution < -0.4 is 15.8 Å². The van der Waals surface area contributed by atoms with Crippen molar-refractivity contribution < 1.29 is 14.5 Å². The Kier molecular flexibility index (Phi) is 5.55. The van der Waals surface area contributed by atoms with Crippen molar-refractivity contribution in [2.24, 2.45) is 29.1 Å². The molecule has 4 aliphatic carbocycles. The Bertz CT molecular complexity index is 874. The van der Waals surface area contributed by atoms with Crippen LogP contribution in [0, 0.1) is 39.2 Å². The summed E-state index contributed by atoms with van der Waals surface area (Å²) >= 11 is 0. The lowest BCUT2D eigenvalue weighted by molar-refractivity contribution is -0.384. The van der Waals surface area contributed by atoms with Crippen molar-refractivity contribution in [3.05, 3.63) is 34.4 Å². The number of carbonyl (C=O) groups is 2. The zero-order valence-corrected chi connectivity index (χ0v) is 18.4. The first-order valence-electron chi connectivity index (χ1n) is 12.0. The predicted octanol–water partition coefficient (Wildman–Crippen LogP) is 3.57. The van der Waals surface area contributed by atoms with E-state index in [4.69, 9.17) is 0 Å². The minimum Gasteiger partial charge on any atom is -0.366 e. The van der Waals surface area contributed by atoms with Crippen LogP contribution >= 0.6 is 0 Å². The smallest absolute Gasteiger partial charge is 0.292 e. The Balaban J connectivity index is 1.10. The van der Waals surface area contributed by atoms with Crippen LogP contribution in [0.25, 0.3) is 0 Å². The van der Waals surface area contributed by atoms with Gasteiger partial charge in [-0.05, 0) is 80.6 Å². The first kappa shape index (κ1) is 21.2. The van der Waals surface area contributed by atoms with Gasteiger partial charge in [-0.3, -0.25) is 30.6 Å². The van der Waals surface area contributed by atoms with Gasteiger partial charge in [-0.2, -0.15) is 0 Å². The number of para-hydroxylation sites is 2. The lowest BCUT2D eigenvalue weighted by Crippen LogP contribution is -2.51. The van der Waals surface area contributed by atoms with Crippen LogP contribution in [-0.4, -0.2) is 29.8 Å². The van der Waals surface area contributed by atoms with E-state index in [0.29, 0.717) is 38.0 Å². The molecule has 0 unspecified atom stereocenters. The maximum absolute atomic E-state index is 12.7. The molecule has 172 valence electrons. The van der Waals surface area contributed by atoms with Gasteiger partial charge in [0, 0.05) is 31.5 Å². The molecule has 1 aliphatic heterocycles. The molecule has 6 rings (SSSR count). The van der Waals surface area contributed by atoms with Gasteiger partial charge in [0.15, 0.2) is 0 Å². The number of nitro benzene ring substituents is 1. The Labute approximate surface area is 188 Å². The van der Waals surface area contributed by atoms with Gasteiger partial charge in [0.25, 0.3) is 5.69 Å². The zero-order chi connectivity index (χ0) is 22.3. The third-order valence-electron chi connectivity index (χ3n) is 8.31. The molecule has 1 aromatic rings. The molecular weight excluding hydrogens is 408 g/mol. The first-order valence-corrected chi connectivity index (χ1v) is 12.0. The summed E-state index contributed by atoms with van der Waals surface area (Å²) < 4.78 is 0.